The van der Waals surface area contributed by atoms with Gasteiger partial charge in [-0.15, -0.1) is 24.0 Å². The molecule has 0 saturated carbocycles. The first-order valence-electron chi connectivity index (χ1n) is 9.25. The minimum atomic E-state index is -0.540. The third-order valence-corrected chi connectivity index (χ3v) is 4.19. The molecule has 0 fully saturated rings. The third kappa shape index (κ3) is 7.68. The average Bonchev–Trinajstić information content (AvgIpc) is 2.70. The molecule has 5 nitrogen and oxygen atoms in total. The summed E-state index contributed by atoms with van der Waals surface area (Å²) in [5.74, 6) is 0.907. The summed E-state index contributed by atoms with van der Waals surface area (Å²) in [6, 6.07) is 9.66. The van der Waals surface area contributed by atoms with Crippen LogP contribution in [0.4, 0.5) is 8.78 Å². The summed E-state index contributed by atoms with van der Waals surface area (Å²) in [6.45, 7) is 3.58. The molecule has 0 aromatic heterocycles. The molecule has 0 aliphatic heterocycles. The molecule has 2 aromatic rings. The molecule has 0 saturated heterocycles. The Hall–Kier alpha value is -2.10. The summed E-state index contributed by atoms with van der Waals surface area (Å²) >= 11 is 0. The second-order valence-corrected chi connectivity index (χ2v) is 6.08. The molecule has 2 aromatic carbocycles. The van der Waals surface area contributed by atoms with Crippen LogP contribution in [0.2, 0.25) is 0 Å². The fraction of sp³-hybridized carbons (Fsp3) is 0.381. The highest BCUT2D eigenvalue weighted by Crippen LogP contribution is 2.27. The number of halogens is 3. The second-order valence-electron chi connectivity index (χ2n) is 6.08. The Balaban J connectivity index is 0.00000420. The van der Waals surface area contributed by atoms with Crippen LogP contribution in [0, 0.1) is 11.6 Å². The molecule has 8 heteroatoms. The predicted octanol–water partition coefficient (Wildman–Crippen LogP) is 3.94. The lowest BCUT2D eigenvalue weighted by atomic mass is 10.1. The van der Waals surface area contributed by atoms with Crippen molar-refractivity contribution >= 4 is 29.9 Å². The Morgan fingerprint density at radius 1 is 0.966 bits per heavy atom. The first-order valence-corrected chi connectivity index (χ1v) is 9.25. The molecule has 2 N–H and O–H groups in total. The number of aliphatic imine (C=N–C) groups is 1. The summed E-state index contributed by atoms with van der Waals surface area (Å²) in [5.41, 5.74) is 1.15. The van der Waals surface area contributed by atoms with Crippen LogP contribution in [-0.4, -0.2) is 39.8 Å². The molecule has 0 heterocycles. The number of ether oxygens (including phenoxy) is 2. The molecule has 2 rings (SSSR count). The first-order chi connectivity index (χ1) is 13.6. The van der Waals surface area contributed by atoms with Gasteiger partial charge in [-0.25, -0.2) is 8.78 Å². The molecule has 0 unspecified atom stereocenters. The molecule has 29 heavy (non-hydrogen) atoms. The number of rotatable bonds is 9. The maximum atomic E-state index is 13.7. The third-order valence-electron chi connectivity index (χ3n) is 4.19. The topological polar surface area (TPSA) is 54.9 Å². The lowest BCUT2D eigenvalue weighted by Crippen LogP contribution is -2.38. The van der Waals surface area contributed by atoms with Gasteiger partial charge in [0, 0.05) is 25.2 Å². The smallest absolute Gasteiger partial charge is 0.191 e. The van der Waals surface area contributed by atoms with Crippen molar-refractivity contribution in [2.75, 3.05) is 33.9 Å². The Kier molecular flexibility index (Phi) is 11.3. The fourth-order valence-electron chi connectivity index (χ4n) is 2.75. The molecule has 0 radical (unpaired) electrons. The molecular weight excluding hydrogens is 491 g/mol. The highest BCUT2D eigenvalue weighted by atomic mass is 127. The van der Waals surface area contributed by atoms with Crippen LogP contribution < -0.4 is 20.1 Å². The Morgan fingerprint density at radius 2 is 1.66 bits per heavy atom. The second kappa shape index (κ2) is 13.2. The van der Waals surface area contributed by atoms with Crippen LogP contribution >= 0.6 is 24.0 Å². The quantitative estimate of drug-likeness (QED) is 0.300. The molecule has 0 atom stereocenters. The van der Waals surface area contributed by atoms with Crippen LogP contribution in [0.5, 0.6) is 11.5 Å². The van der Waals surface area contributed by atoms with Crippen LogP contribution in [-0.2, 0) is 12.8 Å². The normalized spacial score (nSPS) is 10.9. The van der Waals surface area contributed by atoms with Crippen molar-refractivity contribution in [3.63, 3.8) is 0 Å². The van der Waals surface area contributed by atoms with Gasteiger partial charge in [-0.3, -0.25) is 4.99 Å². The van der Waals surface area contributed by atoms with Gasteiger partial charge >= 0.3 is 0 Å². The Bertz CT molecular complexity index is 783. The highest BCUT2D eigenvalue weighted by Gasteiger charge is 2.08. The first kappa shape index (κ1) is 24.9. The van der Waals surface area contributed by atoms with E-state index in [2.05, 4.69) is 15.6 Å². The molecule has 0 aliphatic rings. The van der Waals surface area contributed by atoms with Gasteiger partial charge in [-0.05, 0) is 49.6 Å². The van der Waals surface area contributed by atoms with E-state index in [4.69, 9.17) is 9.47 Å². The van der Waals surface area contributed by atoms with Crippen molar-refractivity contribution in [2.24, 2.45) is 4.99 Å². The standard InChI is InChI=1S/C21H27F2N3O2.HI/c1-4-24-21(26-13-11-16-17(22)6-5-7-18(16)23)25-12-10-15-8-9-19(27-2)20(14-15)28-3;/h5-9,14H,4,10-13H2,1-3H3,(H2,24,25,26);1H. The fourth-order valence-corrected chi connectivity index (χ4v) is 2.75. The van der Waals surface area contributed by atoms with Gasteiger partial charge in [0.05, 0.1) is 14.2 Å². The Morgan fingerprint density at radius 3 is 2.28 bits per heavy atom. The maximum Gasteiger partial charge on any atom is 0.191 e. The Labute approximate surface area is 187 Å². The van der Waals surface area contributed by atoms with E-state index in [1.165, 1.54) is 18.2 Å². The van der Waals surface area contributed by atoms with E-state index in [1.807, 2.05) is 25.1 Å². The van der Waals surface area contributed by atoms with Crippen LogP contribution in [0.3, 0.4) is 0 Å². The van der Waals surface area contributed by atoms with E-state index in [9.17, 15) is 8.78 Å². The number of benzene rings is 2. The van der Waals surface area contributed by atoms with Crippen molar-refractivity contribution < 1.29 is 18.3 Å². The minimum absolute atomic E-state index is 0. The van der Waals surface area contributed by atoms with Gasteiger partial charge in [0.2, 0.25) is 0 Å². The van der Waals surface area contributed by atoms with Gasteiger partial charge < -0.3 is 20.1 Å². The number of nitrogens with one attached hydrogen (secondary N) is 2. The van der Waals surface area contributed by atoms with E-state index < -0.39 is 11.6 Å². The number of guanidine groups is 1. The van der Waals surface area contributed by atoms with Gasteiger partial charge in [0.15, 0.2) is 17.5 Å². The molecule has 0 aliphatic carbocycles. The van der Waals surface area contributed by atoms with Crippen molar-refractivity contribution in [2.45, 2.75) is 19.8 Å². The summed E-state index contributed by atoms with van der Waals surface area (Å²) < 4.78 is 37.9. The van der Waals surface area contributed by atoms with Gasteiger partial charge in [-0.2, -0.15) is 0 Å². The number of methoxy groups -OCH3 is 2. The molecule has 0 spiro atoms. The number of hydrogen-bond acceptors (Lipinski definition) is 3. The largest absolute Gasteiger partial charge is 0.493 e. The van der Waals surface area contributed by atoms with E-state index in [-0.39, 0.29) is 42.5 Å². The van der Waals surface area contributed by atoms with Crippen molar-refractivity contribution in [1.29, 1.82) is 0 Å². The molecule has 160 valence electrons. The zero-order valence-corrected chi connectivity index (χ0v) is 19.3. The highest BCUT2D eigenvalue weighted by molar-refractivity contribution is 14.0. The number of nitrogens with zero attached hydrogens (tertiary/aromatic N) is 1. The monoisotopic (exact) mass is 519 g/mol. The summed E-state index contributed by atoms with van der Waals surface area (Å²) in [7, 11) is 3.21. The SMILES string of the molecule is CCNC(=NCCc1c(F)cccc1F)NCCc1ccc(OC)c(OC)c1.I. The lowest BCUT2D eigenvalue weighted by molar-refractivity contribution is 0.354. The zero-order chi connectivity index (χ0) is 20.4. The summed E-state index contributed by atoms with van der Waals surface area (Å²) in [5, 5.41) is 6.36. The van der Waals surface area contributed by atoms with E-state index >= 15 is 0 Å². The van der Waals surface area contributed by atoms with Gasteiger partial charge in [-0.1, -0.05) is 12.1 Å². The molecule has 0 amide bonds. The van der Waals surface area contributed by atoms with Crippen molar-refractivity contribution in [3.8, 4) is 11.5 Å². The van der Waals surface area contributed by atoms with Gasteiger partial charge in [0.1, 0.15) is 11.6 Å². The lowest BCUT2D eigenvalue weighted by Gasteiger charge is -2.13. The average molecular weight is 519 g/mol. The van der Waals surface area contributed by atoms with Crippen LogP contribution in [0.25, 0.3) is 0 Å². The molecular formula is C21H28F2IN3O2. The van der Waals surface area contributed by atoms with E-state index in [0.717, 1.165) is 12.0 Å². The predicted molar refractivity (Wildman–Crippen MR) is 123 cm³/mol. The van der Waals surface area contributed by atoms with E-state index in [1.54, 1.807) is 14.2 Å². The summed E-state index contributed by atoms with van der Waals surface area (Å²) in [4.78, 5) is 4.40. The molecule has 0 bridgehead atoms. The minimum Gasteiger partial charge on any atom is -0.493 e. The van der Waals surface area contributed by atoms with Crippen LogP contribution in [0.1, 0.15) is 18.1 Å². The van der Waals surface area contributed by atoms with Crippen LogP contribution in [0.15, 0.2) is 41.4 Å². The zero-order valence-electron chi connectivity index (χ0n) is 16.9. The van der Waals surface area contributed by atoms with Crippen molar-refractivity contribution in [3.05, 3.63) is 59.2 Å². The summed E-state index contributed by atoms with van der Waals surface area (Å²) in [6.07, 6.45) is 0.956. The van der Waals surface area contributed by atoms with E-state index in [0.29, 0.717) is 30.5 Å². The maximum absolute atomic E-state index is 13.7. The van der Waals surface area contributed by atoms with Crippen molar-refractivity contribution in [1.82, 2.24) is 10.6 Å². The van der Waals surface area contributed by atoms with Gasteiger partial charge in [0.25, 0.3) is 0 Å². The number of hydrogen-bond donors (Lipinski definition) is 2.